The van der Waals surface area contributed by atoms with E-state index in [1.807, 2.05) is 38.1 Å². The number of aliphatic hydroxyl groups excluding tert-OH is 2. The normalized spacial score (nSPS) is 12.2. The summed E-state index contributed by atoms with van der Waals surface area (Å²) < 4.78 is 11.3. The maximum atomic E-state index is 9.58. The smallest absolute Gasteiger partial charge is 0.258 e. The van der Waals surface area contributed by atoms with Gasteiger partial charge in [0.2, 0.25) is 5.82 Å². The molecule has 0 radical (unpaired) electrons. The zero-order chi connectivity index (χ0) is 21.7. The van der Waals surface area contributed by atoms with Crippen LogP contribution in [0, 0.1) is 6.92 Å². The molecule has 0 amide bonds. The SMILES string of the molecule is CCc1cc(-c2nc(-c3cc(C)c(OCC(O)CO)c(CC)c3)no2)cc(CC)n1. The zero-order valence-corrected chi connectivity index (χ0v) is 18.0. The van der Waals surface area contributed by atoms with Crippen molar-refractivity contribution in [2.75, 3.05) is 13.2 Å². The highest BCUT2D eigenvalue weighted by Gasteiger charge is 2.16. The number of aryl methyl sites for hydroxylation is 4. The zero-order valence-electron chi connectivity index (χ0n) is 18.0. The summed E-state index contributed by atoms with van der Waals surface area (Å²) in [6.45, 7) is 7.82. The van der Waals surface area contributed by atoms with Crippen LogP contribution in [0.2, 0.25) is 0 Å². The van der Waals surface area contributed by atoms with Crippen LogP contribution in [0.3, 0.4) is 0 Å². The van der Waals surface area contributed by atoms with Gasteiger partial charge in [0.05, 0.1) is 6.61 Å². The van der Waals surface area contributed by atoms with Gasteiger partial charge in [-0.05, 0) is 61.6 Å². The Hall–Kier alpha value is -2.77. The van der Waals surface area contributed by atoms with Crippen LogP contribution in [-0.4, -0.2) is 44.7 Å². The molecule has 0 bridgehead atoms. The molecule has 0 fully saturated rings. The van der Waals surface area contributed by atoms with Crippen molar-refractivity contribution in [2.24, 2.45) is 0 Å². The van der Waals surface area contributed by atoms with Crippen LogP contribution in [0.4, 0.5) is 0 Å². The molecule has 7 nitrogen and oxygen atoms in total. The number of hydrogen-bond donors (Lipinski definition) is 2. The van der Waals surface area contributed by atoms with Gasteiger partial charge in [0.15, 0.2) is 0 Å². The third-order valence-corrected chi connectivity index (χ3v) is 4.95. The predicted octanol–water partition coefficient (Wildman–Crippen LogP) is 3.53. The summed E-state index contributed by atoms with van der Waals surface area (Å²) in [7, 11) is 0. The number of nitrogens with zero attached hydrogens (tertiary/aromatic N) is 3. The monoisotopic (exact) mass is 411 g/mol. The minimum Gasteiger partial charge on any atom is -0.490 e. The number of pyridine rings is 1. The molecule has 2 heterocycles. The van der Waals surface area contributed by atoms with Gasteiger partial charge < -0.3 is 19.5 Å². The largest absolute Gasteiger partial charge is 0.490 e. The number of hydrogen-bond acceptors (Lipinski definition) is 7. The average Bonchev–Trinajstić information content (AvgIpc) is 3.27. The lowest BCUT2D eigenvalue weighted by Crippen LogP contribution is -2.22. The lowest BCUT2D eigenvalue weighted by Gasteiger charge is -2.16. The molecule has 160 valence electrons. The first-order chi connectivity index (χ1) is 14.5. The van der Waals surface area contributed by atoms with Crippen LogP contribution in [-0.2, 0) is 19.3 Å². The van der Waals surface area contributed by atoms with E-state index in [-0.39, 0.29) is 13.2 Å². The second-order valence-corrected chi connectivity index (χ2v) is 7.25. The summed E-state index contributed by atoms with van der Waals surface area (Å²) in [6, 6.07) is 7.89. The summed E-state index contributed by atoms with van der Waals surface area (Å²) in [6.07, 6.45) is 1.52. The molecule has 2 aromatic heterocycles. The van der Waals surface area contributed by atoms with Gasteiger partial charge in [-0.3, -0.25) is 4.98 Å². The molecule has 0 aliphatic carbocycles. The second kappa shape index (κ2) is 9.82. The van der Waals surface area contributed by atoms with E-state index >= 15 is 0 Å². The highest BCUT2D eigenvalue weighted by molar-refractivity contribution is 5.64. The lowest BCUT2D eigenvalue weighted by atomic mass is 10.0. The first kappa shape index (κ1) is 21.9. The third kappa shape index (κ3) is 4.86. The van der Waals surface area contributed by atoms with E-state index in [2.05, 4.69) is 29.0 Å². The molecule has 3 rings (SSSR count). The van der Waals surface area contributed by atoms with E-state index in [0.717, 1.165) is 52.9 Å². The van der Waals surface area contributed by atoms with Crippen molar-refractivity contribution in [2.45, 2.75) is 53.1 Å². The van der Waals surface area contributed by atoms with Crippen LogP contribution in [0.1, 0.15) is 43.3 Å². The van der Waals surface area contributed by atoms with Gasteiger partial charge in [0, 0.05) is 22.5 Å². The first-order valence-electron chi connectivity index (χ1n) is 10.4. The topological polar surface area (TPSA) is 102 Å². The number of aliphatic hydroxyl groups is 2. The van der Waals surface area contributed by atoms with Gasteiger partial charge >= 0.3 is 0 Å². The fraction of sp³-hybridized carbons (Fsp3) is 0.435. The second-order valence-electron chi connectivity index (χ2n) is 7.25. The van der Waals surface area contributed by atoms with Gasteiger partial charge in [0.1, 0.15) is 18.5 Å². The molecule has 0 aliphatic heterocycles. The third-order valence-electron chi connectivity index (χ3n) is 4.95. The van der Waals surface area contributed by atoms with Gasteiger partial charge in [0.25, 0.3) is 5.89 Å². The summed E-state index contributed by atoms with van der Waals surface area (Å²) in [5.74, 6) is 1.70. The number of benzene rings is 1. The predicted molar refractivity (Wildman–Crippen MR) is 114 cm³/mol. The standard InChI is InChI=1S/C23H29N3O4/c1-5-15-9-16(8-14(4)21(15)29-13-20(28)12-27)22-25-23(30-26-22)17-10-18(6-2)24-19(7-3)11-17/h8-11,20,27-28H,5-7,12-13H2,1-4H3. The first-order valence-corrected chi connectivity index (χ1v) is 10.4. The highest BCUT2D eigenvalue weighted by Crippen LogP contribution is 2.31. The molecule has 3 aromatic rings. The van der Waals surface area contributed by atoms with Crippen molar-refractivity contribution in [1.29, 1.82) is 0 Å². The molecule has 0 aliphatic rings. The van der Waals surface area contributed by atoms with E-state index in [1.165, 1.54) is 0 Å². The quantitative estimate of drug-likeness (QED) is 0.555. The average molecular weight is 412 g/mol. The maximum Gasteiger partial charge on any atom is 0.258 e. The number of ether oxygens (including phenoxy) is 1. The molecule has 0 spiro atoms. The van der Waals surface area contributed by atoms with Gasteiger partial charge in [-0.15, -0.1) is 0 Å². The lowest BCUT2D eigenvalue weighted by molar-refractivity contribution is 0.0531. The van der Waals surface area contributed by atoms with Crippen LogP contribution in [0.25, 0.3) is 22.8 Å². The summed E-state index contributed by atoms with van der Waals surface area (Å²) in [5.41, 5.74) is 5.61. The Balaban J connectivity index is 1.92. The van der Waals surface area contributed by atoms with E-state index in [0.29, 0.717) is 17.5 Å². The van der Waals surface area contributed by atoms with Crippen molar-refractivity contribution in [3.63, 3.8) is 0 Å². The fourth-order valence-electron chi connectivity index (χ4n) is 3.27. The Bertz CT molecular complexity index is 978. The molecular formula is C23H29N3O4. The van der Waals surface area contributed by atoms with Crippen LogP contribution >= 0.6 is 0 Å². The van der Waals surface area contributed by atoms with E-state index in [1.54, 1.807) is 0 Å². The van der Waals surface area contributed by atoms with Crippen molar-refractivity contribution in [3.8, 4) is 28.6 Å². The van der Waals surface area contributed by atoms with E-state index in [4.69, 9.17) is 14.4 Å². The molecular weight excluding hydrogens is 382 g/mol. The van der Waals surface area contributed by atoms with Crippen molar-refractivity contribution < 1.29 is 19.5 Å². The fourth-order valence-corrected chi connectivity index (χ4v) is 3.27. The Morgan fingerprint density at radius 1 is 0.967 bits per heavy atom. The van der Waals surface area contributed by atoms with Crippen LogP contribution in [0.5, 0.6) is 5.75 Å². The Labute approximate surface area is 176 Å². The summed E-state index contributed by atoms with van der Waals surface area (Å²) in [5, 5.41) is 22.8. The van der Waals surface area contributed by atoms with Gasteiger partial charge in [-0.2, -0.15) is 4.98 Å². The van der Waals surface area contributed by atoms with E-state index in [9.17, 15) is 5.11 Å². The maximum absolute atomic E-state index is 9.58. The Kier molecular flexibility index (Phi) is 7.18. The molecule has 1 unspecified atom stereocenters. The Morgan fingerprint density at radius 3 is 2.27 bits per heavy atom. The molecule has 2 N–H and O–H groups in total. The van der Waals surface area contributed by atoms with Gasteiger partial charge in [-0.25, -0.2) is 0 Å². The number of aromatic nitrogens is 3. The minimum atomic E-state index is -0.907. The van der Waals surface area contributed by atoms with Crippen molar-refractivity contribution in [1.82, 2.24) is 15.1 Å². The highest BCUT2D eigenvalue weighted by atomic mass is 16.5. The molecule has 7 heteroatoms. The van der Waals surface area contributed by atoms with Gasteiger partial charge in [-0.1, -0.05) is 25.9 Å². The molecule has 0 saturated heterocycles. The molecule has 1 atom stereocenters. The molecule has 0 saturated carbocycles. The van der Waals surface area contributed by atoms with Crippen molar-refractivity contribution >= 4 is 0 Å². The van der Waals surface area contributed by atoms with Crippen molar-refractivity contribution in [3.05, 3.63) is 46.8 Å². The molecule has 30 heavy (non-hydrogen) atoms. The minimum absolute atomic E-state index is 0.0393. The summed E-state index contributed by atoms with van der Waals surface area (Å²) in [4.78, 5) is 9.22. The Morgan fingerprint density at radius 2 is 1.67 bits per heavy atom. The summed E-state index contributed by atoms with van der Waals surface area (Å²) >= 11 is 0. The van der Waals surface area contributed by atoms with Crippen LogP contribution < -0.4 is 4.74 Å². The number of rotatable bonds is 9. The molecule has 1 aromatic carbocycles. The van der Waals surface area contributed by atoms with Crippen LogP contribution in [0.15, 0.2) is 28.8 Å². The van der Waals surface area contributed by atoms with E-state index < -0.39 is 6.10 Å².